The summed E-state index contributed by atoms with van der Waals surface area (Å²) >= 11 is 0. The number of likely N-dealkylation sites (tertiary alicyclic amines) is 1. The molecule has 0 aliphatic carbocycles. The van der Waals surface area contributed by atoms with Gasteiger partial charge in [0.1, 0.15) is 5.82 Å². The van der Waals surface area contributed by atoms with Crippen LogP contribution in [0.25, 0.3) is 11.3 Å². The highest BCUT2D eigenvalue weighted by Crippen LogP contribution is 2.32. The Kier molecular flexibility index (Phi) is 4.97. The van der Waals surface area contributed by atoms with Gasteiger partial charge in [-0.3, -0.25) is 19.9 Å². The topological polar surface area (TPSA) is 41.9 Å². The van der Waals surface area contributed by atoms with Crippen molar-refractivity contribution >= 4 is 0 Å². The van der Waals surface area contributed by atoms with Gasteiger partial charge < -0.3 is 0 Å². The zero-order chi connectivity index (χ0) is 17.8. The van der Waals surface area contributed by atoms with Gasteiger partial charge in [0.15, 0.2) is 0 Å². The highest BCUT2D eigenvalue weighted by atomic mass is 19.1. The number of hydrogen-bond donors (Lipinski definition) is 0. The Morgan fingerprint density at radius 3 is 2.69 bits per heavy atom. The molecule has 3 heterocycles. The van der Waals surface area contributed by atoms with Gasteiger partial charge in [0, 0.05) is 49.4 Å². The first kappa shape index (κ1) is 16.8. The van der Waals surface area contributed by atoms with E-state index in [0.717, 1.165) is 49.4 Å². The Morgan fingerprint density at radius 1 is 1.04 bits per heavy atom. The lowest BCUT2D eigenvalue weighted by atomic mass is 9.91. The summed E-state index contributed by atoms with van der Waals surface area (Å²) in [6.07, 6.45) is 9.41. The van der Waals surface area contributed by atoms with Crippen LogP contribution >= 0.6 is 0 Å². The van der Waals surface area contributed by atoms with Crippen LogP contribution in [0.3, 0.4) is 0 Å². The lowest BCUT2D eigenvalue weighted by Gasteiger charge is -2.33. The van der Waals surface area contributed by atoms with Gasteiger partial charge in [-0.05, 0) is 55.3 Å². The molecule has 3 aromatic rings. The molecule has 1 saturated heterocycles. The average molecular weight is 348 g/mol. The van der Waals surface area contributed by atoms with Gasteiger partial charge >= 0.3 is 0 Å². The molecule has 0 N–H and O–H groups in total. The largest absolute Gasteiger partial charge is 0.298 e. The molecule has 0 saturated carbocycles. The average Bonchev–Trinajstić information content (AvgIpc) is 2.70. The van der Waals surface area contributed by atoms with Gasteiger partial charge in [-0.2, -0.15) is 0 Å². The van der Waals surface area contributed by atoms with Crippen LogP contribution < -0.4 is 0 Å². The van der Waals surface area contributed by atoms with Crippen molar-refractivity contribution in [3.63, 3.8) is 0 Å². The summed E-state index contributed by atoms with van der Waals surface area (Å²) in [5, 5.41) is 0. The number of hydrogen-bond acceptors (Lipinski definition) is 4. The van der Waals surface area contributed by atoms with Crippen LogP contribution in [0.15, 0.2) is 61.2 Å². The maximum absolute atomic E-state index is 13.3. The molecule has 2 aromatic heterocycles. The lowest BCUT2D eigenvalue weighted by Crippen LogP contribution is -2.34. The number of benzene rings is 1. The van der Waals surface area contributed by atoms with Crippen molar-refractivity contribution in [1.29, 1.82) is 0 Å². The molecular weight excluding hydrogens is 327 g/mol. The van der Waals surface area contributed by atoms with Crippen molar-refractivity contribution in [2.75, 3.05) is 13.1 Å². The second-order valence-corrected chi connectivity index (χ2v) is 6.73. The molecule has 1 fully saturated rings. The minimum absolute atomic E-state index is 0.237. The summed E-state index contributed by atoms with van der Waals surface area (Å²) < 4.78 is 13.3. The molecule has 1 aliphatic rings. The van der Waals surface area contributed by atoms with Crippen molar-refractivity contribution in [1.82, 2.24) is 19.9 Å². The molecule has 0 unspecified atom stereocenters. The summed E-state index contributed by atoms with van der Waals surface area (Å²) in [7, 11) is 0. The van der Waals surface area contributed by atoms with Crippen LogP contribution in [-0.4, -0.2) is 32.9 Å². The third-order valence-corrected chi connectivity index (χ3v) is 4.87. The normalized spacial score (nSPS) is 18.0. The van der Waals surface area contributed by atoms with Gasteiger partial charge in [0.25, 0.3) is 0 Å². The predicted molar refractivity (Wildman–Crippen MR) is 98.9 cm³/mol. The van der Waals surface area contributed by atoms with E-state index in [1.807, 2.05) is 12.3 Å². The minimum Gasteiger partial charge on any atom is -0.298 e. The second kappa shape index (κ2) is 7.70. The molecule has 0 amide bonds. The summed E-state index contributed by atoms with van der Waals surface area (Å²) in [5.41, 5.74) is 4.01. The van der Waals surface area contributed by atoms with E-state index >= 15 is 0 Å². The Bertz CT molecular complexity index is 851. The summed E-state index contributed by atoms with van der Waals surface area (Å²) in [5.74, 6) is 0.0914. The number of piperidine rings is 1. The Hall–Kier alpha value is -2.66. The Morgan fingerprint density at radius 2 is 1.88 bits per heavy atom. The third-order valence-electron chi connectivity index (χ3n) is 4.87. The molecule has 132 valence electrons. The van der Waals surface area contributed by atoms with Gasteiger partial charge in [0.2, 0.25) is 0 Å². The Labute approximate surface area is 152 Å². The van der Waals surface area contributed by atoms with Crippen molar-refractivity contribution in [2.24, 2.45) is 0 Å². The second-order valence-electron chi connectivity index (χ2n) is 6.73. The van der Waals surface area contributed by atoms with Crippen molar-refractivity contribution in [2.45, 2.75) is 25.3 Å². The van der Waals surface area contributed by atoms with Crippen molar-refractivity contribution < 1.29 is 4.39 Å². The molecule has 5 heteroatoms. The summed E-state index contributed by atoms with van der Waals surface area (Å²) in [6.45, 7) is 2.93. The van der Waals surface area contributed by atoms with Crippen LogP contribution in [0.1, 0.15) is 30.0 Å². The fourth-order valence-electron chi connectivity index (χ4n) is 3.65. The first-order valence-electron chi connectivity index (χ1n) is 8.98. The predicted octanol–water partition coefficient (Wildman–Crippen LogP) is 4.06. The fourth-order valence-corrected chi connectivity index (χ4v) is 3.65. The van der Waals surface area contributed by atoms with Crippen LogP contribution in [0.4, 0.5) is 4.39 Å². The van der Waals surface area contributed by atoms with Crippen LogP contribution in [0.5, 0.6) is 0 Å². The van der Waals surface area contributed by atoms with Crippen LogP contribution in [0.2, 0.25) is 0 Å². The number of nitrogens with zero attached hydrogens (tertiary/aromatic N) is 4. The van der Waals surface area contributed by atoms with Gasteiger partial charge in [0.05, 0.1) is 11.4 Å². The number of halogens is 1. The van der Waals surface area contributed by atoms with E-state index in [-0.39, 0.29) is 5.82 Å². The first-order chi connectivity index (χ1) is 12.8. The fraction of sp³-hybridized carbons (Fsp3) is 0.286. The molecule has 1 atom stereocenters. The standard InChI is InChI=1S/C21H21FN4/c22-19-7-5-17(6-8-19)20-21(25-11-10-24-20)18-4-2-12-26(15-18)14-16-3-1-9-23-13-16/h1,3,5-11,13,18H,2,4,12,14-15H2/t18-/m1/s1. The molecule has 26 heavy (non-hydrogen) atoms. The minimum atomic E-state index is -0.237. The SMILES string of the molecule is Fc1ccc(-c2nccnc2[C@@H]2CCCN(Cc3cccnc3)C2)cc1. The number of rotatable bonds is 4. The van der Waals surface area contributed by atoms with E-state index in [1.165, 1.54) is 17.7 Å². The molecule has 1 aromatic carbocycles. The Balaban J connectivity index is 1.56. The molecule has 4 rings (SSSR count). The molecule has 1 aliphatic heterocycles. The summed E-state index contributed by atoms with van der Waals surface area (Å²) in [4.78, 5) is 15.9. The molecule has 0 radical (unpaired) electrons. The van der Waals surface area contributed by atoms with Gasteiger partial charge in [-0.1, -0.05) is 6.07 Å². The smallest absolute Gasteiger partial charge is 0.123 e. The molecule has 0 spiro atoms. The molecule has 0 bridgehead atoms. The number of aromatic nitrogens is 3. The van der Waals surface area contributed by atoms with Crippen LogP contribution in [-0.2, 0) is 6.54 Å². The first-order valence-corrected chi connectivity index (χ1v) is 8.98. The van der Waals surface area contributed by atoms with E-state index in [1.54, 1.807) is 30.7 Å². The van der Waals surface area contributed by atoms with Crippen LogP contribution in [0, 0.1) is 5.82 Å². The highest BCUT2D eigenvalue weighted by molar-refractivity contribution is 5.62. The zero-order valence-electron chi connectivity index (χ0n) is 14.6. The monoisotopic (exact) mass is 348 g/mol. The maximum Gasteiger partial charge on any atom is 0.123 e. The van der Waals surface area contributed by atoms with E-state index in [9.17, 15) is 4.39 Å². The number of pyridine rings is 1. The highest BCUT2D eigenvalue weighted by Gasteiger charge is 2.25. The van der Waals surface area contributed by atoms with E-state index < -0.39 is 0 Å². The van der Waals surface area contributed by atoms with Gasteiger partial charge in [-0.15, -0.1) is 0 Å². The third kappa shape index (κ3) is 3.78. The quantitative estimate of drug-likeness (QED) is 0.713. The molecule has 4 nitrogen and oxygen atoms in total. The van der Waals surface area contributed by atoms with E-state index in [2.05, 4.69) is 25.9 Å². The van der Waals surface area contributed by atoms with Gasteiger partial charge in [-0.25, -0.2) is 4.39 Å². The van der Waals surface area contributed by atoms with Crippen molar-refractivity contribution in [3.8, 4) is 11.3 Å². The zero-order valence-corrected chi connectivity index (χ0v) is 14.6. The summed E-state index contributed by atoms with van der Waals surface area (Å²) in [6, 6.07) is 10.6. The van der Waals surface area contributed by atoms with E-state index in [4.69, 9.17) is 0 Å². The lowest BCUT2D eigenvalue weighted by molar-refractivity contribution is 0.198. The molecular formula is C21H21FN4. The van der Waals surface area contributed by atoms with E-state index in [0.29, 0.717) is 5.92 Å². The van der Waals surface area contributed by atoms with Crippen molar-refractivity contribution in [3.05, 3.63) is 78.3 Å². The maximum atomic E-state index is 13.3.